The van der Waals surface area contributed by atoms with Crippen molar-refractivity contribution in [3.8, 4) is 6.07 Å². The highest BCUT2D eigenvalue weighted by molar-refractivity contribution is 5.37. The Balaban J connectivity index is 2.06. The van der Waals surface area contributed by atoms with Crippen molar-refractivity contribution in [2.45, 2.75) is 38.8 Å². The predicted octanol–water partition coefficient (Wildman–Crippen LogP) is 2.43. The van der Waals surface area contributed by atoms with Gasteiger partial charge in [-0.15, -0.1) is 0 Å². The van der Waals surface area contributed by atoms with Crippen LogP contribution < -0.4 is 5.73 Å². The molecule has 0 aromatic heterocycles. The molecule has 0 radical (unpaired) electrons. The smallest absolute Gasteiger partial charge is 0.0991 e. The van der Waals surface area contributed by atoms with Gasteiger partial charge in [-0.3, -0.25) is 4.90 Å². The first-order chi connectivity index (χ1) is 9.15. The van der Waals surface area contributed by atoms with Crippen LogP contribution in [-0.4, -0.2) is 24.5 Å². The second-order valence-electron chi connectivity index (χ2n) is 5.66. The van der Waals surface area contributed by atoms with E-state index in [9.17, 15) is 0 Å². The summed E-state index contributed by atoms with van der Waals surface area (Å²) in [6.07, 6.45) is 3.81. The fourth-order valence-electron chi connectivity index (χ4n) is 3.20. The average molecular weight is 257 g/mol. The molecule has 1 aromatic rings. The van der Waals surface area contributed by atoms with E-state index in [1.165, 1.54) is 30.4 Å². The van der Waals surface area contributed by atoms with E-state index in [1.54, 1.807) is 0 Å². The van der Waals surface area contributed by atoms with E-state index < -0.39 is 0 Å². The molecule has 3 heteroatoms. The van der Waals surface area contributed by atoms with Gasteiger partial charge >= 0.3 is 0 Å². The van der Waals surface area contributed by atoms with Crippen LogP contribution in [0.15, 0.2) is 18.2 Å². The van der Waals surface area contributed by atoms with Crippen molar-refractivity contribution >= 4 is 0 Å². The summed E-state index contributed by atoms with van der Waals surface area (Å²) in [6, 6.07) is 8.76. The van der Waals surface area contributed by atoms with Crippen LogP contribution in [-0.2, 0) is 6.54 Å². The normalized spacial score (nSPS) is 22.7. The van der Waals surface area contributed by atoms with Gasteiger partial charge in [0.05, 0.1) is 11.6 Å². The van der Waals surface area contributed by atoms with E-state index in [1.807, 2.05) is 12.1 Å². The van der Waals surface area contributed by atoms with Crippen molar-refractivity contribution in [1.82, 2.24) is 4.90 Å². The topological polar surface area (TPSA) is 53.0 Å². The Labute approximate surface area is 116 Å². The standard InChI is InChI=1S/C16H23N3/c1-12-8-13(9-17)6-7-15(12)11-19(2)16-5-3-4-14(16)10-18/h6-8,14,16H,3-5,10-11,18H2,1-2H3. The number of hydrogen-bond acceptors (Lipinski definition) is 3. The van der Waals surface area contributed by atoms with Crippen molar-refractivity contribution in [2.24, 2.45) is 11.7 Å². The molecule has 1 aliphatic rings. The van der Waals surface area contributed by atoms with E-state index in [4.69, 9.17) is 11.0 Å². The first-order valence-corrected chi connectivity index (χ1v) is 7.05. The van der Waals surface area contributed by atoms with Gasteiger partial charge in [0, 0.05) is 12.6 Å². The highest BCUT2D eigenvalue weighted by Crippen LogP contribution is 2.29. The highest BCUT2D eigenvalue weighted by Gasteiger charge is 2.29. The Kier molecular flexibility index (Phi) is 4.57. The van der Waals surface area contributed by atoms with E-state index in [2.05, 4.69) is 31.0 Å². The zero-order chi connectivity index (χ0) is 13.8. The third-order valence-corrected chi connectivity index (χ3v) is 4.38. The zero-order valence-electron chi connectivity index (χ0n) is 11.9. The molecule has 1 aromatic carbocycles. The van der Waals surface area contributed by atoms with Crippen molar-refractivity contribution < 1.29 is 0 Å². The van der Waals surface area contributed by atoms with E-state index in [0.29, 0.717) is 12.0 Å². The highest BCUT2D eigenvalue weighted by atomic mass is 15.1. The monoisotopic (exact) mass is 257 g/mol. The van der Waals surface area contributed by atoms with Crippen molar-refractivity contribution in [3.63, 3.8) is 0 Å². The molecule has 3 nitrogen and oxygen atoms in total. The third kappa shape index (κ3) is 3.15. The van der Waals surface area contributed by atoms with Crippen LogP contribution in [0, 0.1) is 24.2 Å². The maximum Gasteiger partial charge on any atom is 0.0991 e. The Bertz CT molecular complexity index is 475. The molecule has 0 saturated heterocycles. The average Bonchev–Trinajstić information content (AvgIpc) is 2.89. The van der Waals surface area contributed by atoms with Gasteiger partial charge in [-0.05, 0) is 62.5 Å². The van der Waals surface area contributed by atoms with Crippen LogP contribution in [0.4, 0.5) is 0 Å². The van der Waals surface area contributed by atoms with Crippen LogP contribution in [0.3, 0.4) is 0 Å². The van der Waals surface area contributed by atoms with Gasteiger partial charge in [0.15, 0.2) is 0 Å². The first-order valence-electron chi connectivity index (χ1n) is 7.05. The maximum absolute atomic E-state index is 8.90. The van der Waals surface area contributed by atoms with E-state index in [-0.39, 0.29) is 0 Å². The minimum atomic E-state index is 0.611. The van der Waals surface area contributed by atoms with Crippen LogP contribution >= 0.6 is 0 Å². The molecule has 0 amide bonds. The van der Waals surface area contributed by atoms with Gasteiger partial charge in [-0.2, -0.15) is 5.26 Å². The van der Waals surface area contributed by atoms with Gasteiger partial charge in [0.1, 0.15) is 0 Å². The molecule has 102 valence electrons. The second-order valence-corrected chi connectivity index (χ2v) is 5.66. The number of nitriles is 1. The largest absolute Gasteiger partial charge is 0.330 e. The molecule has 2 N–H and O–H groups in total. The first kappa shape index (κ1) is 14.0. The summed E-state index contributed by atoms with van der Waals surface area (Å²) in [5.74, 6) is 0.642. The van der Waals surface area contributed by atoms with Crippen molar-refractivity contribution in [2.75, 3.05) is 13.6 Å². The lowest BCUT2D eigenvalue weighted by molar-refractivity contribution is 0.192. The van der Waals surface area contributed by atoms with E-state index in [0.717, 1.165) is 18.7 Å². The van der Waals surface area contributed by atoms with E-state index >= 15 is 0 Å². The molecule has 0 heterocycles. The molecule has 0 bridgehead atoms. The molecule has 1 aliphatic carbocycles. The molecule has 0 aliphatic heterocycles. The summed E-state index contributed by atoms with van der Waals surface area (Å²) < 4.78 is 0. The number of benzene rings is 1. The fraction of sp³-hybridized carbons (Fsp3) is 0.562. The van der Waals surface area contributed by atoms with Crippen molar-refractivity contribution in [3.05, 3.63) is 34.9 Å². The van der Waals surface area contributed by atoms with Crippen LogP contribution in [0.25, 0.3) is 0 Å². The molecule has 1 saturated carbocycles. The predicted molar refractivity (Wildman–Crippen MR) is 77.5 cm³/mol. The second kappa shape index (κ2) is 6.18. The Hall–Kier alpha value is -1.37. The van der Waals surface area contributed by atoms with Gasteiger partial charge in [-0.25, -0.2) is 0 Å². The number of nitrogens with zero attached hydrogens (tertiary/aromatic N) is 2. The number of hydrogen-bond donors (Lipinski definition) is 1. The molecule has 1 fully saturated rings. The molecule has 19 heavy (non-hydrogen) atoms. The Morgan fingerprint density at radius 2 is 2.21 bits per heavy atom. The summed E-state index contributed by atoms with van der Waals surface area (Å²) >= 11 is 0. The van der Waals surface area contributed by atoms with Crippen LogP contribution in [0.1, 0.15) is 36.0 Å². The molecule has 2 atom stereocenters. The summed E-state index contributed by atoms with van der Waals surface area (Å²) in [7, 11) is 2.19. The minimum Gasteiger partial charge on any atom is -0.330 e. The molecular weight excluding hydrogens is 234 g/mol. The summed E-state index contributed by atoms with van der Waals surface area (Å²) in [4.78, 5) is 2.43. The lowest BCUT2D eigenvalue weighted by Gasteiger charge is -2.29. The Morgan fingerprint density at radius 3 is 2.84 bits per heavy atom. The lowest BCUT2D eigenvalue weighted by Crippen LogP contribution is -2.37. The van der Waals surface area contributed by atoms with Crippen LogP contribution in [0.5, 0.6) is 0 Å². The quantitative estimate of drug-likeness (QED) is 0.901. The maximum atomic E-state index is 8.90. The summed E-state index contributed by atoms with van der Waals surface area (Å²) in [5, 5.41) is 8.90. The van der Waals surface area contributed by atoms with Crippen LogP contribution in [0.2, 0.25) is 0 Å². The fourth-order valence-corrected chi connectivity index (χ4v) is 3.20. The van der Waals surface area contributed by atoms with Gasteiger partial charge in [0.2, 0.25) is 0 Å². The summed E-state index contributed by atoms with van der Waals surface area (Å²) in [5.41, 5.74) is 9.11. The molecule has 2 unspecified atom stereocenters. The number of aryl methyl sites for hydroxylation is 1. The summed E-state index contributed by atoms with van der Waals surface area (Å²) in [6.45, 7) is 3.82. The SMILES string of the molecule is Cc1cc(C#N)ccc1CN(C)C1CCCC1CN. The Morgan fingerprint density at radius 1 is 1.42 bits per heavy atom. The van der Waals surface area contributed by atoms with Gasteiger partial charge < -0.3 is 5.73 Å². The molecule has 0 spiro atoms. The zero-order valence-corrected chi connectivity index (χ0v) is 11.9. The number of rotatable bonds is 4. The van der Waals surface area contributed by atoms with Gasteiger partial charge in [-0.1, -0.05) is 12.5 Å². The number of nitrogens with two attached hydrogens (primary N) is 1. The minimum absolute atomic E-state index is 0.611. The third-order valence-electron chi connectivity index (χ3n) is 4.38. The molecular formula is C16H23N3. The molecule has 2 rings (SSSR count). The lowest BCUT2D eigenvalue weighted by atomic mass is 10.0. The van der Waals surface area contributed by atoms with Crippen molar-refractivity contribution in [1.29, 1.82) is 5.26 Å². The van der Waals surface area contributed by atoms with Gasteiger partial charge in [0.25, 0.3) is 0 Å².